The van der Waals surface area contributed by atoms with E-state index in [-0.39, 0.29) is 5.75 Å². The molecule has 0 saturated carbocycles. The van der Waals surface area contributed by atoms with E-state index in [1.165, 1.54) is 7.11 Å². The van der Waals surface area contributed by atoms with Crippen LogP contribution in [0.25, 0.3) is 0 Å². The van der Waals surface area contributed by atoms with Gasteiger partial charge in [0.25, 0.3) is 0 Å². The summed E-state index contributed by atoms with van der Waals surface area (Å²) < 4.78 is 29.6. The minimum Gasteiger partial charge on any atom is -0.492 e. The lowest BCUT2D eigenvalue weighted by Gasteiger charge is -2.01. The van der Waals surface area contributed by atoms with E-state index in [9.17, 15) is 8.78 Å². The summed E-state index contributed by atoms with van der Waals surface area (Å²) in [7, 11) is 1.22. The van der Waals surface area contributed by atoms with E-state index in [0.717, 1.165) is 6.20 Å². The molecule has 0 aliphatic carbocycles. The van der Waals surface area contributed by atoms with E-state index in [2.05, 4.69) is 9.72 Å². The SMILES string of the molecule is COc1cnc(Cl)c(F)c1F. The number of halogens is 3. The first kappa shape index (κ1) is 8.20. The van der Waals surface area contributed by atoms with Gasteiger partial charge in [-0.3, -0.25) is 0 Å². The third-order valence-electron chi connectivity index (χ3n) is 1.11. The van der Waals surface area contributed by atoms with Crippen LogP contribution in [-0.4, -0.2) is 12.1 Å². The molecule has 0 aliphatic heterocycles. The number of pyridine rings is 1. The lowest BCUT2D eigenvalue weighted by molar-refractivity contribution is 0.368. The number of hydrogen-bond acceptors (Lipinski definition) is 2. The normalized spacial score (nSPS) is 9.82. The van der Waals surface area contributed by atoms with Gasteiger partial charge in [-0.15, -0.1) is 0 Å². The largest absolute Gasteiger partial charge is 0.492 e. The zero-order valence-corrected chi connectivity index (χ0v) is 6.32. The second-order valence-electron chi connectivity index (χ2n) is 1.75. The Bertz CT molecular complexity index is 280. The van der Waals surface area contributed by atoms with Crippen molar-refractivity contribution in [1.29, 1.82) is 0 Å². The Labute approximate surface area is 66.8 Å². The van der Waals surface area contributed by atoms with Crippen LogP contribution in [0.4, 0.5) is 8.78 Å². The fraction of sp³-hybridized carbons (Fsp3) is 0.167. The standard InChI is InChI=1S/C6H4ClF2NO/c1-11-3-2-10-6(7)5(9)4(3)8/h2H,1H3. The zero-order valence-electron chi connectivity index (χ0n) is 5.57. The molecule has 0 N–H and O–H groups in total. The maximum absolute atomic E-state index is 12.6. The Hall–Kier alpha value is -0.900. The first-order valence-electron chi connectivity index (χ1n) is 2.70. The molecule has 1 aromatic heterocycles. The van der Waals surface area contributed by atoms with Gasteiger partial charge in [-0.25, -0.2) is 9.37 Å². The van der Waals surface area contributed by atoms with Gasteiger partial charge in [0.1, 0.15) is 0 Å². The molecule has 0 atom stereocenters. The van der Waals surface area contributed by atoms with E-state index >= 15 is 0 Å². The molecule has 0 aliphatic rings. The summed E-state index contributed by atoms with van der Waals surface area (Å²) in [4.78, 5) is 3.34. The van der Waals surface area contributed by atoms with Crippen LogP contribution >= 0.6 is 11.6 Å². The summed E-state index contributed by atoms with van der Waals surface area (Å²) in [6.45, 7) is 0. The van der Waals surface area contributed by atoms with Gasteiger partial charge in [0.2, 0.25) is 5.82 Å². The van der Waals surface area contributed by atoms with Crippen LogP contribution in [0.1, 0.15) is 0 Å². The van der Waals surface area contributed by atoms with Gasteiger partial charge in [-0.05, 0) is 0 Å². The van der Waals surface area contributed by atoms with Gasteiger partial charge in [0.15, 0.2) is 16.7 Å². The van der Waals surface area contributed by atoms with Crippen LogP contribution in [0.2, 0.25) is 5.15 Å². The first-order valence-corrected chi connectivity index (χ1v) is 3.08. The van der Waals surface area contributed by atoms with Crippen molar-refractivity contribution in [2.45, 2.75) is 0 Å². The van der Waals surface area contributed by atoms with Crippen molar-refractivity contribution in [2.24, 2.45) is 0 Å². The Morgan fingerprint density at radius 2 is 2.09 bits per heavy atom. The van der Waals surface area contributed by atoms with Gasteiger partial charge >= 0.3 is 0 Å². The van der Waals surface area contributed by atoms with Crippen LogP contribution in [-0.2, 0) is 0 Å². The molecule has 11 heavy (non-hydrogen) atoms. The molecule has 1 rings (SSSR count). The molecule has 5 heteroatoms. The minimum atomic E-state index is -1.19. The summed E-state index contributed by atoms with van der Waals surface area (Å²) in [5.41, 5.74) is 0. The van der Waals surface area contributed by atoms with Crippen molar-refractivity contribution < 1.29 is 13.5 Å². The van der Waals surface area contributed by atoms with E-state index < -0.39 is 16.8 Å². The van der Waals surface area contributed by atoms with Gasteiger partial charge in [0.05, 0.1) is 13.3 Å². The van der Waals surface area contributed by atoms with Crippen molar-refractivity contribution in [3.63, 3.8) is 0 Å². The Kier molecular flexibility index (Phi) is 2.24. The monoisotopic (exact) mass is 179 g/mol. The van der Waals surface area contributed by atoms with Crippen LogP contribution in [0.3, 0.4) is 0 Å². The van der Waals surface area contributed by atoms with Crippen LogP contribution in [0.5, 0.6) is 5.75 Å². The third-order valence-corrected chi connectivity index (χ3v) is 1.37. The minimum absolute atomic E-state index is 0.257. The van der Waals surface area contributed by atoms with Crippen molar-refractivity contribution in [3.8, 4) is 5.75 Å². The van der Waals surface area contributed by atoms with Crippen molar-refractivity contribution in [1.82, 2.24) is 4.98 Å². The molecule has 0 unspecified atom stereocenters. The molecule has 2 nitrogen and oxygen atoms in total. The maximum atomic E-state index is 12.6. The molecule has 60 valence electrons. The zero-order chi connectivity index (χ0) is 8.43. The molecular weight excluding hydrogens is 176 g/mol. The average molecular weight is 180 g/mol. The number of nitrogens with zero attached hydrogens (tertiary/aromatic N) is 1. The fourth-order valence-electron chi connectivity index (χ4n) is 0.570. The molecule has 0 amide bonds. The highest BCUT2D eigenvalue weighted by Crippen LogP contribution is 2.22. The van der Waals surface area contributed by atoms with E-state index in [0.29, 0.717) is 0 Å². The molecule has 0 bridgehead atoms. The highest BCUT2D eigenvalue weighted by molar-refractivity contribution is 6.29. The number of methoxy groups -OCH3 is 1. The third kappa shape index (κ3) is 1.40. The van der Waals surface area contributed by atoms with Crippen LogP contribution in [0.15, 0.2) is 6.20 Å². The van der Waals surface area contributed by atoms with Crippen molar-refractivity contribution >= 4 is 11.6 Å². The second-order valence-corrected chi connectivity index (χ2v) is 2.10. The molecule has 0 aromatic carbocycles. The quantitative estimate of drug-likeness (QED) is 0.616. The number of aromatic nitrogens is 1. The lowest BCUT2D eigenvalue weighted by atomic mass is 10.4. The smallest absolute Gasteiger partial charge is 0.205 e. The maximum Gasteiger partial charge on any atom is 0.205 e. The molecule has 0 saturated heterocycles. The second kappa shape index (κ2) is 3.00. The predicted octanol–water partition coefficient (Wildman–Crippen LogP) is 2.02. The van der Waals surface area contributed by atoms with Crippen LogP contribution < -0.4 is 4.74 Å². The van der Waals surface area contributed by atoms with Gasteiger partial charge in [-0.1, -0.05) is 11.6 Å². The van der Waals surface area contributed by atoms with Crippen molar-refractivity contribution in [2.75, 3.05) is 7.11 Å². The first-order chi connectivity index (χ1) is 5.16. The van der Waals surface area contributed by atoms with Gasteiger partial charge in [0, 0.05) is 0 Å². The highest BCUT2D eigenvalue weighted by atomic mass is 35.5. The van der Waals surface area contributed by atoms with Gasteiger partial charge < -0.3 is 4.74 Å². The molecule has 0 radical (unpaired) electrons. The highest BCUT2D eigenvalue weighted by Gasteiger charge is 2.12. The predicted molar refractivity (Wildman–Crippen MR) is 35.7 cm³/mol. The number of rotatable bonds is 1. The topological polar surface area (TPSA) is 22.1 Å². The Balaban J connectivity index is 3.25. The van der Waals surface area contributed by atoms with E-state index in [4.69, 9.17) is 11.6 Å². The average Bonchev–Trinajstić information content (AvgIpc) is 2.01. The van der Waals surface area contributed by atoms with E-state index in [1.807, 2.05) is 0 Å². The number of hydrogen-bond donors (Lipinski definition) is 0. The summed E-state index contributed by atoms with van der Waals surface area (Å²) in [6, 6.07) is 0. The fourth-order valence-corrected chi connectivity index (χ4v) is 0.701. The summed E-state index contributed by atoms with van der Waals surface area (Å²) in [5, 5.41) is -0.497. The summed E-state index contributed by atoms with van der Waals surface area (Å²) >= 11 is 5.16. The summed E-state index contributed by atoms with van der Waals surface area (Å²) in [6.07, 6.45) is 1.01. The van der Waals surface area contributed by atoms with Crippen molar-refractivity contribution in [3.05, 3.63) is 23.0 Å². The Morgan fingerprint density at radius 3 is 2.64 bits per heavy atom. The molecule has 0 spiro atoms. The number of ether oxygens (including phenoxy) is 1. The molecule has 1 aromatic rings. The van der Waals surface area contributed by atoms with Crippen LogP contribution in [0, 0.1) is 11.6 Å². The van der Waals surface area contributed by atoms with E-state index in [1.54, 1.807) is 0 Å². The summed E-state index contributed by atoms with van der Waals surface area (Å²) in [5.74, 6) is -2.56. The molecular formula is C6H4ClF2NO. The van der Waals surface area contributed by atoms with Gasteiger partial charge in [-0.2, -0.15) is 4.39 Å². The lowest BCUT2D eigenvalue weighted by Crippen LogP contribution is -1.94. The Morgan fingerprint density at radius 1 is 1.45 bits per heavy atom. The molecule has 1 heterocycles. The molecule has 0 fully saturated rings.